The molecule has 1 saturated carbocycles. The van der Waals surface area contributed by atoms with Crippen molar-refractivity contribution in [3.05, 3.63) is 51.5 Å². The van der Waals surface area contributed by atoms with Gasteiger partial charge in [0.05, 0.1) is 21.9 Å². The Morgan fingerprint density at radius 3 is 2.53 bits per heavy atom. The maximum Gasteiger partial charge on any atom is 0.254 e. The van der Waals surface area contributed by atoms with Crippen LogP contribution in [0.15, 0.2) is 39.7 Å². The van der Waals surface area contributed by atoms with E-state index in [1.54, 1.807) is 30.3 Å². The van der Waals surface area contributed by atoms with Crippen LogP contribution in [0.2, 0.25) is 0 Å². The Balaban J connectivity index is 2.02. The molecule has 8 heteroatoms. The van der Waals surface area contributed by atoms with Crippen LogP contribution in [0, 0.1) is 5.92 Å². The highest BCUT2D eigenvalue weighted by Gasteiger charge is 2.29. The lowest BCUT2D eigenvalue weighted by atomic mass is 10.0. The van der Waals surface area contributed by atoms with E-state index in [2.05, 4.69) is 26.6 Å². The van der Waals surface area contributed by atoms with Gasteiger partial charge in [0.1, 0.15) is 5.75 Å². The molecule has 1 aliphatic rings. The van der Waals surface area contributed by atoms with Gasteiger partial charge in [0.15, 0.2) is 9.84 Å². The van der Waals surface area contributed by atoms with Crippen molar-refractivity contribution in [2.24, 2.45) is 5.92 Å². The fourth-order valence-corrected chi connectivity index (χ4v) is 5.36. The van der Waals surface area contributed by atoms with Crippen molar-refractivity contribution < 1.29 is 18.3 Å². The highest BCUT2D eigenvalue weighted by Crippen LogP contribution is 2.43. The number of hydrogen-bond donors (Lipinski definition) is 3. The molecule has 2 aromatic carbocycles. The minimum absolute atomic E-state index is 0.111. The van der Waals surface area contributed by atoms with Crippen LogP contribution in [-0.4, -0.2) is 33.0 Å². The molecular formula is C22H27BrN2O4S. The van der Waals surface area contributed by atoms with Gasteiger partial charge in [-0.05, 0) is 54.5 Å². The number of anilines is 1. The molecule has 0 unspecified atom stereocenters. The number of benzene rings is 2. The number of hydrogen-bond acceptors (Lipinski definition) is 5. The molecule has 0 atom stereocenters. The second-order valence-corrected chi connectivity index (χ2v) is 11.0. The first-order valence-corrected chi connectivity index (χ1v) is 12.4. The number of sulfone groups is 1. The predicted octanol–water partition coefficient (Wildman–Crippen LogP) is 4.43. The van der Waals surface area contributed by atoms with Gasteiger partial charge in [-0.15, -0.1) is 0 Å². The molecule has 1 amide bonds. The zero-order valence-corrected chi connectivity index (χ0v) is 19.7. The molecule has 1 fully saturated rings. The normalized spacial score (nSPS) is 14.0. The van der Waals surface area contributed by atoms with Gasteiger partial charge in [-0.1, -0.05) is 35.8 Å². The molecule has 3 N–H and O–H groups in total. The molecule has 0 heterocycles. The quantitative estimate of drug-likeness (QED) is 0.504. The number of carbonyl (C=O) groups is 1. The van der Waals surface area contributed by atoms with Crippen LogP contribution >= 0.6 is 15.9 Å². The number of amides is 1. The lowest BCUT2D eigenvalue weighted by Crippen LogP contribution is -2.19. The minimum atomic E-state index is -3.79. The third-order valence-electron chi connectivity index (χ3n) is 5.06. The van der Waals surface area contributed by atoms with Gasteiger partial charge >= 0.3 is 0 Å². The molecule has 3 rings (SSSR count). The van der Waals surface area contributed by atoms with Gasteiger partial charge in [-0.2, -0.15) is 0 Å². The monoisotopic (exact) mass is 494 g/mol. The summed E-state index contributed by atoms with van der Waals surface area (Å²) >= 11 is 3.35. The minimum Gasteiger partial charge on any atom is -0.507 e. The van der Waals surface area contributed by atoms with E-state index in [9.17, 15) is 18.3 Å². The van der Waals surface area contributed by atoms with E-state index in [1.165, 1.54) is 7.05 Å². The second kappa shape index (κ2) is 8.98. The lowest BCUT2D eigenvalue weighted by molar-refractivity contribution is 0.0960. The summed E-state index contributed by atoms with van der Waals surface area (Å²) in [5.74, 6) is -0.455. The summed E-state index contributed by atoms with van der Waals surface area (Å²) in [7, 11) is -2.31. The first-order chi connectivity index (χ1) is 14.1. The van der Waals surface area contributed by atoms with Crippen LogP contribution in [0.25, 0.3) is 0 Å². The Bertz CT molecular complexity index is 1060. The van der Waals surface area contributed by atoms with E-state index in [4.69, 9.17) is 0 Å². The summed E-state index contributed by atoms with van der Waals surface area (Å²) in [5, 5.41) is 16.4. The topological polar surface area (TPSA) is 95.5 Å². The van der Waals surface area contributed by atoms with Gasteiger partial charge in [-0.25, -0.2) is 8.42 Å². The number of nitrogens with one attached hydrogen (secondary N) is 2. The summed E-state index contributed by atoms with van der Waals surface area (Å²) in [6.07, 6.45) is 2.00. The fourth-order valence-electron chi connectivity index (χ4n) is 3.29. The van der Waals surface area contributed by atoms with Crippen molar-refractivity contribution in [2.45, 2.75) is 43.3 Å². The standard InChI is InChI=1S/C22H27BrN2O4S/c1-13(2)11-25-19-7-6-17(23)10-20(19)30(28,29)12-16-8-15(14-4-5-14)9-18(21(16)26)22(27)24-3/h6-10,13-14,25-26H,4-5,11-12H2,1-3H3,(H,24,27). The van der Waals surface area contributed by atoms with E-state index < -0.39 is 21.5 Å². The molecule has 0 spiro atoms. The molecule has 0 aliphatic heterocycles. The molecule has 6 nitrogen and oxygen atoms in total. The number of rotatable bonds is 8. The van der Waals surface area contributed by atoms with Gasteiger partial charge in [0.2, 0.25) is 0 Å². The molecule has 162 valence electrons. The highest BCUT2D eigenvalue weighted by atomic mass is 79.9. The Hall–Kier alpha value is -2.06. The number of aromatic hydroxyl groups is 1. The van der Waals surface area contributed by atoms with Crippen LogP contribution < -0.4 is 10.6 Å². The van der Waals surface area contributed by atoms with Crippen LogP contribution in [0.3, 0.4) is 0 Å². The maximum absolute atomic E-state index is 13.3. The number of carbonyl (C=O) groups excluding carboxylic acids is 1. The Kier molecular flexibility index (Phi) is 6.77. The number of phenols is 1. The molecule has 30 heavy (non-hydrogen) atoms. The van der Waals surface area contributed by atoms with Crippen molar-refractivity contribution in [1.82, 2.24) is 5.32 Å². The van der Waals surface area contributed by atoms with E-state index >= 15 is 0 Å². The van der Waals surface area contributed by atoms with Gasteiger partial charge < -0.3 is 15.7 Å². The van der Waals surface area contributed by atoms with Crippen LogP contribution in [0.5, 0.6) is 5.75 Å². The lowest BCUT2D eigenvalue weighted by Gasteiger charge is -2.16. The highest BCUT2D eigenvalue weighted by molar-refractivity contribution is 9.10. The van der Waals surface area contributed by atoms with Gasteiger partial charge in [-0.3, -0.25) is 4.79 Å². The predicted molar refractivity (Wildman–Crippen MR) is 122 cm³/mol. The maximum atomic E-state index is 13.3. The zero-order valence-electron chi connectivity index (χ0n) is 17.3. The number of phenolic OH excluding ortho intramolecular Hbond substituents is 1. The summed E-state index contributed by atoms with van der Waals surface area (Å²) in [4.78, 5) is 12.4. The molecule has 0 bridgehead atoms. The summed E-state index contributed by atoms with van der Waals surface area (Å²) in [5.41, 5.74) is 1.77. The fraction of sp³-hybridized carbons (Fsp3) is 0.409. The smallest absolute Gasteiger partial charge is 0.254 e. The third kappa shape index (κ3) is 5.16. The van der Waals surface area contributed by atoms with Crippen molar-refractivity contribution in [2.75, 3.05) is 18.9 Å². The summed E-state index contributed by atoms with van der Waals surface area (Å²) in [6.45, 7) is 4.72. The van der Waals surface area contributed by atoms with E-state index in [1.807, 2.05) is 13.8 Å². The van der Waals surface area contributed by atoms with Gasteiger partial charge in [0.25, 0.3) is 5.91 Å². The third-order valence-corrected chi connectivity index (χ3v) is 7.25. The average Bonchev–Trinajstić information content (AvgIpc) is 3.53. The molecule has 0 radical (unpaired) electrons. The summed E-state index contributed by atoms with van der Waals surface area (Å²) < 4.78 is 27.3. The number of halogens is 1. The van der Waals surface area contributed by atoms with Crippen molar-refractivity contribution in [3.63, 3.8) is 0 Å². The van der Waals surface area contributed by atoms with Crippen LogP contribution in [0.4, 0.5) is 5.69 Å². The molecule has 0 aromatic heterocycles. The van der Waals surface area contributed by atoms with Crippen LogP contribution in [-0.2, 0) is 15.6 Å². The first-order valence-electron chi connectivity index (χ1n) is 9.96. The van der Waals surface area contributed by atoms with E-state index in [0.717, 1.165) is 18.4 Å². The Morgan fingerprint density at radius 1 is 1.23 bits per heavy atom. The van der Waals surface area contributed by atoms with Crippen molar-refractivity contribution >= 4 is 37.4 Å². The largest absolute Gasteiger partial charge is 0.507 e. The zero-order chi connectivity index (χ0) is 22.1. The molecular weight excluding hydrogens is 468 g/mol. The van der Waals surface area contributed by atoms with E-state index in [0.29, 0.717) is 28.5 Å². The Labute approximate surface area is 186 Å². The summed E-state index contributed by atoms with van der Waals surface area (Å²) in [6, 6.07) is 8.47. The van der Waals surface area contributed by atoms with Gasteiger partial charge in [0, 0.05) is 23.6 Å². The molecule has 2 aromatic rings. The molecule has 1 aliphatic carbocycles. The average molecular weight is 495 g/mol. The van der Waals surface area contributed by atoms with Crippen molar-refractivity contribution in [3.8, 4) is 5.75 Å². The SMILES string of the molecule is CNC(=O)c1cc(C2CC2)cc(CS(=O)(=O)c2cc(Br)ccc2NCC(C)C)c1O. The van der Waals surface area contributed by atoms with Crippen molar-refractivity contribution in [1.29, 1.82) is 0 Å². The molecule has 0 saturated heterocycles. The van der Waals surface area contributed by atoms with E-state index in [-0.39, 0.29) is 21.8 Å². The first kappa shape index (κ1) is 22.6. The second-order valence-electron chi connectivity index (χ2n) is 8.10. The Morgan fingerprint density at radius 2 is 1.93 bits per heavy atom. The van der Waals surface area contributed by atoms with Crippen LogP contribution in [0.1, 0.15) is 54.1 Å².